The van der Waals surface area contributed by atoms with Crippen LogP contribution in [0.2, 0.25) is 0 Å². The Morgan fingerprint density at radius 1 is 1.47 bits per heavy atom. The van der Waals surface area contributed by atoms with Crippen LogP contribution in [0.3, 0.4) is 0 Å². The average molecular weight is 244 g/mol. The summed E-state index contributed by atoms with van der Waals surface area (Å²) in [6.45, 7) is 4.75. The minimum Gasteiger partial charge on any atom is -0.481 e. The number of carboxylic acid groups (broad SMARTS) is 1. The van der Waals surface area contributed by atoms with Crippen molar-refractivity contribution in [2.45, 2.75) is 31.8 Å². The number of carboxylic acids is 1. The summed E-state index contributed by atoms with van der Waals surface area (Å²) in [5.41, 5.74) is 0. The van der Waals surface area contributed by atoms with Crippen molar-refractivity contribution in [3.63, 3.8) is 0 Å². The average Bonchev–Trinajstić information content (AvgIpc) is 2.29. The standard InChI is InChI=1S/C12H24N2O3/c1-13-9-11-10-14(7-8-17-11)6-4-2-3-5-12(15)16/h11,13H,2-10H2,1H3,(H,15,16). The van der Waals surface area contributed by atoms with E-state index in [1.165, 1.54) is 0 Å². The van der Waals surface area contributed by atoms with Crippen LogP contribution in [-0.4, -0.2) is 61.9 Å². The van der Waals surface area contributed by atoms with Gasteiger partial charge in [-0.15, -0.1) is 0 Å². The molecule has 100 valence electrons. The monoisotopic (exact) mass is 244 g/mol. The highest BCUT2D eigenvalue weighted by Crippen LogP contribution is 2.07. The largest absolute Gasteiger partial charge is 0.481 e. The Balaban J connectivity index is 2.04. The zero-order chi connectivity index (χ0) is 12.5. The van der Waals surface area contributed by atoms with Crippen molar-refractivity contribution in [1.29, 1.82) is 0 Å². The summed E-state index contributed by atoms with van der Waals surface area (Å²) in [5, 5.41) is 11.7. The number of aliphatic carboxylic acids is 1. The molecule has 0 aliphatic carbocycles. The zero-order valence-corrected chi connectivity index (χ0v) is 10.7. The molecule has 1 heterocycles. The maximum atomic E-state index is 10.3. The lowest BCUT2D eigenvalue weighted by Crippen LogP contribution is -2.46. The number of likely N-dealkylation sites (N-methyl/N-ethyl adjacent to an activating group) is 1. The van der Waals surface area contributed by atoms with Gasteiger partial charge >= 0.3 is 5.97 Å². The maximum Gasteiger partial charge on any atom is 0.303 e. The lowest BCUT2D eigenvalue weighted by Gasteiger charge is -2.32. The van der Waals surface area contributed by atoms with E-state index in [1.54, 1.807) is 0 Å². The van der Waals surface area contributed by atoms with Crippen LogP contribution in [0.25, 0.3) is 0 Å². The molecule has 0 aromatic rings. The summed E-state index contributed by atoms with van der Waals surface area (Å²) in [5.74, 6) is -0.689. The second-order valence-electron chi connectivity index (χ2n) is 4.56. The number of hydrogen-bond donors (Lipinski definition) is 2. The molecule has 0 bridgehead atoms. The Kier molecular flexibility index (Phi) is 7.16. The molecule has 5 heteroatoms. The van der Waals surface area contributed by atoms with Crippen molar-refractivity contribution in [3.05, 3.63) is 0 Å². The van der Waals surface area contributed by atoms with Gasteiger partial charge in [0.2, 0.25) is 0 Å². The van der Waals surface area contributed by atoms with E-state index in [9.17, 15) is 4.79 Å². The van der Waals surface area contributed by atoms with Crippen LogP contribution in [0.4, 0.5) is 0 Å². The van der Waals surface area contributed by atoms with Crippen LogP contribution in [0.1, 0.15) is 25.7 Å². The van der Waals surface area contributed by atoms with E-state index in [1.807, 2.05) is 7.05 Å². The molecule has 0 amide bonds. The molecule has 1 atom stereocenters. The summed E-state index contributed by atoms with van der Waals surface area (Å²) in [6.07, 6.45) is 3.47. The minimum absolute atomic E-state index is 0.297. The number of ether oxygens (including phenoxy) is 1. The van der Waals surface area contributed by atoms with Crippen molar-refractivity contribution >= 4 is 5.97 Å². The van der Waals surface area contributed by atoms with Gasteiger partial charge in [0.05, 0.1) is 12.7 Å². The molecule has 0 aromatic carbocycles. The molecule has 2 N–H and O–H groups in total. The summed E-state index contributed by atoms with van der Waals surface area (Å²) in [6, 6.07) is 0. The quantitative estimate of drug-likeness (QED) is 0.611. The second kappa shape index (κ2) is 8.44. The first-order valence-electron chi connectivity index (χ1n) is 6.42. The van der Waals surface area contributed by atoms with Gasteiger partial charge in [-0.2, -0.15) is 0 Å². The molecule has 5 nitrogen and oxygen atoms in total. The number of rotatable bonds is 8. The lowest BCUT2D eigenvalue weighted by molar-refractivity contribution is -0.137. The SMILES string of the molecule is CNCC1CN(CCCCCC(=O)O)CCO1. The smallest absolute Gasteiger partial charge is 0.303 e. The van der Waals surface area contributed by atoms with Crippen molar-refractivity contribution in [3.8, 4) is 0 Å². The van der Waals surface area contributed by atoms with Crippen molar-refractivity contribution in [2.75, 3.05) is 39.8 Å². The van der Waals surface area contributed by atoms with Gasteiger partial charge in [-0.1, -0.05) is 6.42 Å². The second-order valence-corrected chi connectivity index (χ2v) is 4.56. The fraction of sp³-hybridized carbons (Fsp3) is 0.917. The Hall–Kier alpha value is -0.650. The molecule has 1 aliphatic rings. The highest BCUT2D eigenvalue weighted by molar-refractivity contribution is 5.66. The predicted octanol–water partition coefficient (Wildman–Crippen LogP) is 0.552. The third kappa shape index (κ3) is 6.61. The molecule has 1 rings (SSSR count). The molecular formula is C12H24N2O3. The summed E-state index contributed by atoms with van der Waals surface area (Å²) >= 11 is 0. The molecular weight excluding hydrogens is 220 g/mol. The van der Waals surface area contributed by atoms with Gasteiger partial charge in [0, 0.05) is 26.1 Å². The van der Waals surface area contributed by atoms with Crippen LogP contribution >= 0.6 is 0 Å². The molecule has 0 saturated carbocycles. The van der Waals surface area contributed by atoms with Crippen molar-refractivity contribution in [2.24, 2.45) is 0 Å². The third-order valence-electron chi connectivity index (χ3n) is 3.02. The van der Waals surface area contributed by atoms with E-state index >= 15 is 0 Å². The van der Waals surface area contributed by atoms with E-state index in [0.717, 1.165) is 52.0 Å². The first kappa shape index (κ1) is 14.4. The number of nitrogens with zero attached hydrogens (tertiary/aromatic N) is 1. The lowest BCUT2D eigenvalue weighted by atomic mass is 10.1. The first-order chi connectivity index (χ1) is 8.22. The Labute approximate surface area is 103 Å². The topological polar surface area (TPSA) is 61.8 Å². The van der Waals surface area contributed by atoms with Crippen LogP contribution in [0.15, 0.2) is 0 Å². The van der Waals surface area contributed by atoms with E-state index in [0.29, 0.717) is 12.5 Å². The van der Waals surface area contributed by atoms with Gasteiger partial charge in [-0.3, -0.25) is 9.69 Å². The molecule has 1 aliphatic heterocycles. The number of carbonyl (C=O) groups is 1. The predicted molar refractivity (Wildman–Crippen MR) is 66.2 cm³/mol. The van der Waals surface area contributed by atoms with Gasteiger partial charge in [0.1, 0.15) is 0 Å². The molecule has 17 heavy (non-hydrogen) atoms. The van der Waals surface area contributed by atoms with Crippen LogP contribution in [-0.2, 0) is 9.53 Å². The molecule has 1 fully saturated rings. The fourth-order valence-corrected chi connectivity index (χ4v) is 2.12. The van der Waals surface area contributed by atoms with E-state index in [4.69, 9.17) is 9.84 Å². The fourth-order valence-electron chi connectivity index (χ4n) is 2.12. The Bertz CT molecular complexity index is 222. The number of unbranched alkanes of at least 4 members (excludes halogenated alkanes) is 2. The van der Waals surface area contributed by atoms with Crippen molar-refractivity contribution in [1.82, 2.24) is 10.2 Å². The third-order valence-corrected chi connectivity index (χ3v) is 3.02. The Morgan fingerprint density at radius 3 is 3.00 bits per heavy atom. The number of nitrogens with one attached hydrogen (secondary N) is 1. The molecule has 0 spiro atoms. The number of morpholine rings is 1. The Morgan fingerprint density at radius 2 is 2.29 bits per heavy atom. The van der Waals surface area contributed by atoms with Gasteiger partial charge in [-0.05, 0) is 26.4 Å². The van der Waals surface area contributed by atoms with Gasteiger partial charge < -0.3 is 15.2 Å². The van der Waals surface area contributed by atoms with Crippen molar-refractivity contribution < 1.29 is 14.6 Å². The summed E-state index contributed by atoms with van der Waals surface area (Å²) in [4.78, 5) is 12.8. The van der Waals surface area contributed by atoms with E-state index in [-0.39, 0.29) is 0 Å². The van der Waals surface area contributed by atoms with Gasteiger partial charge in [0.25, 0.3) is 0 Å². The molecule has 0 aromatic heterocycles. The highest BCUT2D eigenvalue weighted by Gasteiger charge is 2.18. The molecule has 0 radical (unpaired) electrons. The summed E-state index contributed by atoms with van der Waals surface area (Å²) in [7, 11) is 1.94. The minimum atomic E-state index is -0.689. The van der Waals surface area contributed by atoms with E-state index in [2.05, 4.69) is 10.2 Å². The zero-order valence-electron chi connectivity index (χ0n) is 10.7. The normalized spacial score (nSPS) is 21.6. The van der Waals surface area contributed by atoms with Crippen LogP contribution in [0, 0.1) is 0 Å². The molecule has 1 unspecified atom stereocenters. The van der Waals surface area contributed by atoms with E-state index < -0.39 is 5.97 Å². The first-order valence-corrected chi connectivity index (χ1v) is 6.42. The van der Waals surface area contributed by atoms with Crippen LogP contribution < -0.4 is 5.32 Å². The maximum absolute atomic E-state index is 10.3. The number of hydrogen-bond acceptors (Lipinski definition) is 4. The summed E-state index contributed by atoms with van der Waals surface area (Å²) < 4.78 is 5.63. The van der Waals surface area contributed by atoms with Gasteiger partial charge in [-0.25, -0.2) is 0 Å². The van der Waals surface area contributed by atoms with Gasteiger partial charge in [0.15, 0.2) is 0 Å². The highest BCUT2D eigenvalue weighted by atomic mass is 16.5. The molecule has 1 saturated heterocycles. The van der Waals surface area contributed by atoms with Crippen LogP contribution in [0.5, 0.6) is 0 Å².